The molecule has 0 unspecified atom stereocenters. The van der Waals surface area contributed by atoms with E-state index in [1.54, 1.807) is 0 Å². The fourth-order valence-electron chi connectivity index (χ4n) is 1.42. The largest absolute Gasteiger partial charge is 0.326 e. The normalized spacial score (nSPS) is 13.2. The van der Waals surface area contributed by atoms with Gasteiger partial charge in [0.1, 0.15) is 5.78 Å². The lowest BCUT2D eigenvalue weighted by Gasteiger charge is -2.30. The maximum absolute atomic E-state index is 11.4. The fraction of sp³-hybridized carbons (Fsp3) is 0.889. The van der Waals surface area contributed by atoms with E-state index in [9.17, 15) is 4.79 Å². The summed E-state index contributed by atoms with van der Waals surface area (Å²) in [6.45, 7) is 7.83. The Morgan fingerprint density at radius 2 is 1.75 bits per heavy atom. The van der Waals surface area contributed by atoms with Crippen LogP contribution in [-0.2, 0) is 4.79 Å². The Hall–Kier alpha value is 0.360. The number of hydrogen-bond acceptors (Lipinski definition) is 2. The molecule has 0 bridgehead atoms. The van der Waals surface area contributed by atoms with Crippen molar-refractivity contribution >= 4 is 28.4 Å². The van der Waals surface area contributed by atoms with Crippen LogP contribution in [0.5, 0.6) is 0 Å². The van der Waals surface area contributed by atoms with Gasteiger partial charge in [0, 0.05) is 11.0 Å². The van der Waals surface area contributed by atoms with Crippen molar-refractivity contribution in [3.8, 4) is 0 Å². The summed E-state index contributed by atoms with van der Waals surface area (Å²) in [4.78, 5) is 11.4. The molecule has 0 aliphatic heterocycles. The summed E-state index contributed by atoms with van der Waals surface area (Å²) >= 11 is 2.10. The highest BCUT2D eigenvalue weighted by molar-refractivity contribution is 14.1. The summed E-state index contributed by atoms with van der Waals surface area (Å²) in [6, 6.07) is 0. The maximum atomic E-state index is 11.4. The molecule has 0 aliphatic rings. The topological polar surface area (TPSA) is 43.1 Å². The number of hydrogen-bond donors (Lipinski definition) is 1. The molecule has 0 spiro atoms. The van der Waals surface area contributed by atoms with E-state index in [1.165, 1.54) is 0 Å². The van der Waals surface area contributed by atoms with E-state index in [0.29, 0.717) is 4.43 Å². The van der Waals surface area contributed by atoms with Gasteiger partial charge in [-0.3, -0.25) is 4.79 Å². The SMILES string of the molecule is CC(C)(N)CC(C)(C)C(=O)CI. The van der Waals surface area contributed by atoms with Crippen molar-refractivity contribution in [2.45, 2.75) is 39.7 Å². The molecule has 0 atom stereocenters. The first-order chi connectivity index (χ1) is 5.19. The minimum atomic E-state index is -0.278. The highest BCUT2D eigenvalue weighted by Crippen LogP contribution is 2.28. The van der Waals surface area contributed by atoms with Crippen molar-refractivity contribution in [1.82, 2.24) is 0 Å². The molecular formula is C9H18INO. The fourth-order valence-corrected chi connectivity index (χ4v) is 2.45. The number of carbonyl (C=O) groups excluding carboxylic acids is 1. The van der Waals surface area contributed by atoms with Crippen molar-refractivity contribution < 1.29 is 4.79 Å². The Bertz CT molecular complexity index is 170. The second kappa shape index (κ2) is 4.05. The van der Waals surface area contributed by atoms with Crippen molar-refractivity contribution in [1.29, 1.82) is 0 Å². The highest BCUT2D eigenvalue weighted by atomic mass is 127. The third-order valence-corrected chi connectivity index (χ3v) is 2.47. The van der Waals surface area contributed by atoms with E-state index < -0.39 is 0 Å². The number of rotatable bonds is 4. The molecule has 0 rings (SSSR count). The van der Waals surface area contributed by atoms with Crippen molar-refractivity contribution in [3.63, 3.8) is 0 Å². The summed E-state index contributed by atoms with van der Waals surface area (Å²) in [5, 5.41) is 0. The molecule has 2 N–H and O–H groups in total. The smallest absolute Gasteiger partial charge is 0.148 e. The number of ketones is 1. The third-order valence-electron chi connectivity index (χ3n) is 1.77. The second-order valence-corrected chi connectivity index (χ2v) is 5.37. The first-order valence-corrected chi connectivity index (χ1v) is 5.60. The van der Waals surface area contributed by atoms with Crippen LogP contribution in [0.15, 0.2) is 0 Å². The molecular weight excluding hydrogens is 265 g/mol. The van der Waals surface area contributed by atoms with Crippen LogP contribution in [0, 0.1) is 5.41 Å². The molecule has 0 saturated carbocycles. The minimum absolute atomic E-state index is 0.259. The van der Waals surface area contributed by atoms with Gasteiger partial charge in [0.25, 0.3) is 0 Å². The van der Waals surface area contributed by atoms with Crippen molar-refractivity contribution in [3.05, 3.63) is 0 Å². The molecule has 0 aromatic carbocycles. The predicted octanol–water partition coefficient (Wildman–Crippen LogP) is 2.14. The van der Waals surface area contributed by atoms with Crippen LogP contribution >= 0.6 is 22.6 Å². The molecule has 0 amide bonds. The maximum Gasteiger partial charge on any atom is 0.148 e. The van der Waals surface area contributed by atoms with Crippen LogP contribution in [-0.4, -0.2) is 15.7 Å². The molecule has 72 valence electrons. The van der Waals surface area contributed by atoms with E-state index in [1.807, 2.05) is 27.7 Å². The number of alkyl halides is 1. The number of nitrogens with two attached hydrogens (primary N) is 1. The number of Topliss-reactive ketones (excluding diaryl/α,β-unsaturated/α-hetero) is 1. The first-order valence-electron chi connectivity index (χ1n) is 4.07. The standard InChI is InChI=1S/C9H18INO/c1-8(2,7(12)5-10)6-9(3,4)11/h5-6,11H2,1-4H3. The lowest BCUT2D eigenvalue weighted by molar-refractivity contribution is -0.125. The predicted molar refractivity (Wildman–Crippen MR) is 60.6 cm³/mol. The summed E-state index contributed by atoms with van der Waals surface area (Å²) in [5.74, 6) is 0.279. The molecule has 3 heteroatoms. The van der Waals surface area contributed by atoms with Gasteiger partial charge in [-0.15, -0.1) is 0 Å². The van der Waals surface area contributed by atoms with Crippen LogP contribution in [0.4, 0.5) is 0 Å². The Kier molecular flexibility index (Phi) is 4.17. The average Bonchev–Trinajstić information content (AvgIpc) is 1.80. The average molecular weight is 283 g/mol. The zero-order valence-electron chi connectivity index (χ0n) is 8.28. The van der Waals surface area contributed by atoms with E-state index in [0.717, 1.165) is 6.42 Å². The van der Waals surface area contributed by atoms with Gasteiger partial charge in [0.15, 0.2) is 0 Å². The first kappa shape index (κ1) is 12.4. The van der Waals surface area contributed by atoms with Crippen molar-refractivity contribution in [2.75, 3.05) is 4.43 Å². The summed E-state index contributed by atoms with van der Waals surface area (Å²) < 4.78 is 0.570. The van der Waals surface area contributed by atoms with Crippen LogP contribution < -0.4 is 5.73 Å². The molecule has 0 aromatic heterocycles. The van der Waals surface area contributed by atoms with Gasteiger partial charge >= 0.3 is 0 Å². The van der Waals surface area contributed by atoms with Crippen LogP contribution in [0.3, 0.4) is 0 Å². The molecule has 12 heavy (non-hydrogen) atoms. The lowest BCUT2D eigenvalue weighted by Crippen LogP contribution is -2.40. The summed E-state index contributed by atoms with van der Waals surface area (Å²) in [6.07, 6.45) is 0.738. The zero-order chi connectivity index (χ0) is 9.99. The Balaban J connectivity index is 4.32. The van der Waals surface area contributed by atoms with Crippen LogP contribution in [0.1, 0.15) is 34.1 Å². The number of carbonyl (C=O) groups is 1. The molecule has 0 heterocycles. The molecule has 0 radical (unpaired) electrons. The van der Waals surface area contributed by atoms with E-state index in [2.05, 4.69) is 22.6 Å². The van der Waals surface area contributed by atoms with Gasteiger partial charge in [-0.2, -0.15) is 0 Å². The Morgan fingerprint density at radius 1 is 1.33 bits per heavy atom. The van der Waals surface area contributed by atoms with Gasteiger partial charge in [0.05, 0.1) is 4.43 Å². The summed E-state index contributed by atoms with van der Waals surface area (Å²) in [5.41, 5.74) is 5.32. The van der Waals surface area contributed by atoms with E-state index in [-0.39, 0.29) is 16.7 Å². The van der Waals surface area contributed by atoms with Crippen molar-refractivity contribution in [2.24, 2.45) is 11.1 Å². The third kappa shape index (κ3) is 4.40. The van der Waals surface area contributed by atoms with Gasteiger partial charge < -0.3 is 5.73 Å². The number of halogens is 1. The van der Waals surface area contributed by atoms with E-state index in [4.69, 9.17) is 5.73 Å². The Labute approximate surface area is 88.4 Å². The molecule has 0 aliphatic carbocycles. The molecule has 0 saturated heterocycles. The van der Waals surface area contributed by atoms with E-state index >= 15 is 0 Å². The van der Waals surface area contributed by atoms with Gasteiger partial charge in [-0.1, -0.05) is 36.4 Å². The highest BCUT2D eigenvalue weighted by Gasteiger charge is 2.31. The molecule has 0 fully saturated rings. The summed E-state index contributed by atoms with van der Waals surface area (Å²) in [7, 11) is 0. The molecule has 0 aromatic rings. The van der Waals surface area contributed by atoms with Crippen LogP contribution in [0.25, 0.3) is 0 Å². The monoisotopic (exact) mass is 283 g/mol. The minimum Gasteiger partial charge on any atom is -0.326 e. The quantitative estimate of drug-likeness (QED) is 0.634. The lowest BCUT2D eigenvalue weighted by atomic mass is 9.78. The molecule has 2 nitrogen and oxygen atoms in total. The van der Waals surface area contributed by atoms with Gasteiger partial charge in [-0.05, 0) is 20.3 Å². The van der Waals surface area contributed by atoms with Crippen LogP contribution in [0.2, 0.25) is 0 Å². The van der Waals surface area contributed by atoms with Gasteiger partial charge in [0.2, 0.25) is 0 Å². The Morgan fingerprint density at radius 3 is 2.00 bits per heavy atom. The zero-order valence-corrected chi connectivity index (χ0v) is 10.4. The second-order valence-electron chi connectivity index (χ2n) is 4.61. The van der Waals surface area contributed by atoms with Gasteiger partial charge in [-0.25, -0.2) is 0 Å².